The first-order valence-electron chi connectivity index (χ1n) is 7.77. The largest absolute Gasteiger partial charge is 0.409 e. The predicted octanol–water partition coefficient (Wildman–Crippen LogP) is 0.273. The Bertz CT molecular complexity index is 361. The van der Waals surface area contributed by atoms with Crippen molar-refractivity contribution in [3.8, 4) is 0 Å². The number of hydrogen-bond donors (Lipinski definition) is 3. The number of oxime groups is 1. The number of rotatable bonds is 6. The summed E-state index contributed by atoms with van der Waals surface area (Å²) in [5.74, 6) is 0.356. The van der Waals surface area contributed by atoms with Crippen LogP contribution >= 0.6 is 0 Å². The number of ether oxygens (including phenoxy) is 1. The zero-order valence-electron chi connectivity index (χ0n) is 12.5. The quantitative estimate of drug-likeness (QED) is 0.283. The maximum absolute atomic E-state index is 11.9. The number of amides is 1. The van der Waals surface area contributed by atoms with Gasteiger partial charge in [-0.25, -0.2) is 0 Å². The third-order valence-corrected chi connectivity index (χ3v) is 4.18. The predicted molar refractivity (Wildman–Crippen MR) is 79.2 cm³/mol. The molecule has 0 aromatic heterocycles. The van der Waals surface area contributed by atoms with Gasteiger partial charge in [0.05, 0.1) is 12.6 Å². The van der Waals surface area contributed by atoms with Gasteiger partial charge in [0.2, 0.25) is 5.91 Å². The molecule has 0 saturated carbocycles. The molecule has 2 aliphatic rings. The van der Waals surface area contributed by atoms with E-state index in [-0.39, 0.29) is 23.9 Å². The summed E-state index contributed by atoms with van der Waals surface area (Å²) in [6, 6.07) is 0.241. The van der Waals surface area contributed by atoms with Crippen molar-refractivity contribution in [3.63, 3.8) is 0 Å². The number of likely N-dealkylation sites (tertiary alicyclic amines) is 1. The van der Waals surface area contributed by atoms with Crippen LogP contribution in [0.25, 0.3) is 0 Å². The van der Waals surface area contributed by atoms with E-state index in [1.54, 1.807) is 0 Å². The number of carbonyl (C=O) groups is 1. The van der Waals surface area contributed by atoms with E-state index in [0.29, 0.717) is 13.0 Å². The number of amidine groups is 1. The second kappa shape index (κ2) is 8.19. The molecule has 1 unspecified atom stereocenters. The van der Waals surface area contributed by atoms with Gasteiger partial charge in [0.1, 0.15) is 0 Å². The molecule has 2 fully saturated rings. The Morgan fingerprint density at radius 3 is 2.76 bits per heavy atom. The minimum atomic E-state index is 0.125. The number of nitrogens with one attached hydrogen (secondary N) is 1. The Labute approximate surface area is 125 Å². The van der Waals surface area contributed by atoms with Crippen LogP contribution in [-0.2, 0) is 9.53 Å². The van der Waals surface area contributed by atoms with Crippen LogP contribution < -0.4 is 11.1 Å². The smallest absolute Gasteiger partial charge is 0.220 e. The minimum absolute atomic E-state index is 0.125. The lowest BCUT2D eigenvalue weighted by molar-refractivity contribution is -0.122. The molecular weight excluding hydrogens is 272 g/mol. The number of nitrogens with two attached hydrogens (primary N) is 1. The van der Waals surface area contributed by atoms with Gasteiger partial charge in [0, 0.05) is 32.2 Å². The van der Waals surface area contributed by atoms with E-state index in [1.807, 2.05) is 0 Å². The second-order valence-corrected chi connectivity index (χ2v) is 5.88. The highest BCUT2D eigenvalue weighted by Crippen LogP contribution is 2.17. The first-order chi connectivity index (χ1) is 10.2. The molecule has 0 aromatic carbocycles. The van der Waals surface area contributed by atoms with Crippen LogP contribution in [0.2, 0.25) is 0 Å². The summed E-state index contributed by atoms with van der Waals surface area (Å²) in [7, 11) is 0. The molecule has 7 heteroatoms. The average molecular weight is 298 g/mol. The van der Waals surface area contributed by atoms with Gasteiger partial charge < -0.3 is 21.0 Å². The molecule has 7 nitrogen and oxygen atoms in total. The standard InChI is InChI=1S/C14H26N4O3/c15-13(17-20)10-18-7-5-11(6-8-18)16-14(19)4-3-12-2-1-9-21-12/h11-12,20H,1-10H2,(H2,15,17)(H,16,19). The molecule has 0 radical (unpaired) electrons. The minimum Gasteiger partial charge on any atom is -0.409 e. The highest BCUT2D eigenvalue weighted by Gasteiger charge is 2.22. The number of piperidine rings is 1. The van der Waals surface area contributed by atoms with Crippen LogP contribution in [-0.4, -0.2) is 60.2 Å². The summed E-state index contributed by atoms with van der Waals surface area (Å²) in [6.45, 7) is 3.03. The maximum Gasteiger partial charge on any atom is 0.220 e. The monoisotopic (exact) mass is 298 g/mol. The molecule has 2 rings (SSSR count). The van der Waals surface area contributed by atoms with Crippen molar-refractivity contribution in [1.29, 1.82) is 0 Å². The first-order valence-corrected chi connectivity index (χ1v) is 7.77. The Kier molecular flexibility index (Phi) is 6.25. The average Bonchev–Trinajstić information content (AvgIpc) is 3.00. The fourth-order valence-electron chi connectivity index (χ4n) is 2.96. The third-order valence-electron chi connectivity index (χ3n) is 4.18. The van der Waals surface area contributed by atoms with E-state index in [4.69, 9.17) is 15.7 Å². The zero-order chi connectivity index (χ0) is 15.1. The van der Waals surface area contributed by atoms with Crippen LogP contribution in [0.15, 0.2) is 5.16 Å². The van der Waals surface area contributed by atoms with E-state index in [1.165, 1.54) is 0 Å². The topological polar surface area (TPSA) is 100 Å². The molecule has 120 valence electrons. The number of carbonyl (C=O) groups excluding carboxylic acids is 1. The van der Waals surface area contributed by atoms with Gasteiger partial charge >= 0.3 is 0 Å². The van der Waals surface area contributed by atoms with Crippen LogP contribution in [0.5, 0.6) is 0 Å². The van der Waals surface area contributed by atoms with E-state index in [0.717, 1.165) is 51.8 Å². The van der Waals surface area contributed by atoms with Gasteiger partial charge in [-0.15, -0.1) is 0 Å². The molecule has 2 heterocycles. The molecule has 0 aromatic rings. The van der Waals surface area contributed by atoms with Gasteiger partial charge in [-0.2, -0.15) is 0 Å². The summed E-state index contributed by atoms with van der Waals surface area (Å²) < 4.78 is 5.52. The molecule has 2 saturated heterocycles. The lowest BCUT2D eigenvalue weighted by atomic mass is 10.0. The molecule has 4 N–H and O–H groups in total. The van der Waals surface area contributed by atoms with Gasteiger partial charge in [0.25, 0.3) is 0 Å². The van der Waals surface area contributed by atoms with E-state index in [9.17, 15) is 4.79 Å². The second-order valence-electron chi connectivity index (χ2n) is 5.88. The fraction of sp³-hybridized carbons (Fsp3) is 0.857. The molecule has 21 heavy (non-hydrogen) atoms. The summed E-state index contributed by atoms with van der Waals surface area (Å²) >= 11 is 0. The molecule has 0 aliphatic carbocycles. The van der Waals surface area contributed by atoms with Gasteiger partial charge in [-0.3, -0.25) is 9.69 Å². The third kappa shape index (κ3) is 5.51. The normalized spacial score (nSPS) is 25.1. The van der Waals surface area contributed by atoms with Crippen LogP contribution in [0.1, 0.15) is 38.5 Å². The summed E-state index contributed by atoms with van der Waals surface area (Å²) in [5, 5.41) is 14.6. The van der Waals surface area contributed by atoms with Gasteiger partial charge in [-0.1, -0.05) is 5.16 Å². The van der Waals surface area contributed by atoms with Crippen molar-refractivity contribution in [1.82, 2.24) is 10.2 Å². The zero-order valence-corrected chi connectivity index (χ0v) is 12.5. The number of nitrogens with zero attached hydrogens (tertiary/aromatic N) is 2. The Hall–Kier alpha value is -1.34. The van der Waals surface area contributed by atoms with Crippen molar-refractivity contribution in [2.75, 3.05) is 26.2 Å². The highest BCUT2D eigenvalue weighted by molar-refractivity contribution is 5.81. The Morgan fingerprint density at radius 2 is 2.14 bits per heavy atom. The van der Waals surface area contributed by atoms with Gasteiger partial charge in [-0.05, 0) is 32.1 Å². The highest BCUT2D eigenvalue weighted by atomic mass is 16.5. The van der Waals surface area contributed by atoms with Crippen molar-refractivity contribution in [2.45, 2.75) is 50.7 Å². The van der Waals surface area contributed by atoms with Crippen molar-refractivity contribution in [2.24, 2.45) is 10.9 Å². The maximum atomic E-state index is 11.9. The van der Waals surface area contributed by atoms with Crippen LogP contribution in [0.3, 0.4) is 0 Å². The fourth-order valence-corrected chi connectivity index (χ4v) is 2.96. The molecule has 1 atom stereocenters. The molecule has 0 spiro atoms. The molecule has 0 bridgehead atoms. The van der Waals surface area contributed by atoms with Crippen LogP contribution in [0.4, 0.5) is 0 Å². The Balaban J connectivity index is 1.60. The van der Waals surface area contributed by atoms with Gasteiger partial charge in [0.15, 0.2) is 5.84 Å². The van der Waals surface area contributed by atoms with E-state index >= 15 is 0 Å². The molecular formula is C14H26N4O3. The van der Waals surface area contributed by atoms with Crippen molar-refractivity contribution in [3.05, 3.63) is 0 Å². The van der Waals surface area contributed by atoms with Crippen molar-refractivity contribution >= 4 is 11.7 Å². The van der Waals surface area contributed by atoms with Crippen LogP contribution in [0, 0.1) is 0 Å². The van der Waals surface area contributed by atoms with E-state index < -0.39 is 0 Å². The summed E-state index contributed by atoms with van der Waals surface area (Å²) in [5.41, 5.74) is 5.50. The Morgan fingerprint density at radius 1 is 1.38 bits per heavy atom. The van der Waals surface area contributed by atoms with Crippen molar-refractivity contribution < 1.29 is 14.7 Å². The SMILES string of the molecule is NC(CN1CCC(NC(=O)CCC2CCCO2)CC1)=NO. The lowest BCUT2D eigenvalue weighted by Gasteiger charge is -2.31. The summed E-state index contributed by atoms with van der Waals surface area (Å²) in [6.07, 6.45) is 5.67. The molecule has 1 amide bonds. The molecule has 2 aliphatic heterocycles. The van der Waals surface area contributed by atoms with E-state index in [2.05, 4.69) is 15.4 Å². The number of hydrogen-bond acceptors (Lipinski definition) is 5. The lowest BCUT2D eigenvalue weighted by Crippen LogP contribution is -2.46. The summed E-state index contributed by atoms with van der Waals surface area (Å²) in [4.78, 5) is 14.1. The first kappa shape index (κ1) is 16.0.